The normalized spacial score (nSPS) is 11.1. The molecule has 0 atom stereocenters. The first-order chi connectivity index (χ1) is 9.31. The Bertz CT molecular complexity index is 338. The molecule has 0 aromatic carbocycles. The van der Waals surface area contributed by atoms with Gasteiger partial charge in [0.1, 0.15) is 0 Å². The van der Waals surface area contributed by atoms with Gasteiger partial charge >= 0.3 is 0 Å². The highest BCUT2D eigenvalue weighted by Gasteiger charge is 2.04. The van der Waals surface area contributed by atoms with E-state index >= 15 is 0 Å². The van der Waals surface area contributed by atoms with Gasteiger partial charge in [-0.25, -0.2) is 0 Å². The summed E-state index contributed by atoms with van der Waals surface area (Å²) < 4.78 is 7.06. The molecule has 0 saturated heterocycles. The predicted octanol–water partition coefficient (Wildman–Crippen LogP) is 1.18. The van der Waals surface area contributed by atoms with Crippen molar-refractivity contribution in [1.82, 2.24) is 20.4 Å². The summed E-state index contributed by atoms with van der Waals surface area (Å²) in [4.78, 5) is 0. The highest BCUT2D eigenvalue weighted by molar-refractivity contribution is 5.10. The van der Waals surface area contributed by atoms with Gasteiger partial charge in [-0.2, -0.15) is 5.10 Å². The maximum atomic E-state index is 4.98. The van der Waals surface area contributed by atoms with Crippen molar-refractivity contribution in [3.05, 3.63) is 17.5 Å². The van der Waals surface area contributed by atoms with Crippen molar-refractivity contribution in [1.29, 1.82) is 0 Å². The lowest BCUT2D eigenvalue weighted by atomic mass is 10.3. The molecule has 19 heavy (non-hydrogen) atoms. The number of hydrogen-bond donors (Lipinski definition) is 2. The summed E-state index contributed by atoms with van der Waals surface area (Å²) in [6.07, 6.45) is 2.13. The molecule has 0 unspecified atom stereocenters. The van der Waals surface area contributed by atoms with Crippen molar-refractivity contribution < 1.29 is 4.74 Å². The van der Waals surface area contributed by atoms with Gasteiger partial charge in [-0.15, -0.1) is 0 Å². The SMILES string of the molecule is CCc1cc(CNCCCNCCOC)n(CC)n1. The van der Waals surface area contributed by atoms with E-state index in [1.165, 1.54) is 11.4 Å². The van der Waals surface area contributed by atoms with E-state index in [1.807, 2.05) is 0 Å². The lowest BCUT2D eigenvalue weighted by Gasteiger charge is -2.07. The van der Waals surface area contributed by atoms with Gasteiger partial charge in [0.05, 0.1) is 18.0 Å². The number of methoxy groups -OCH3 is 1. The number of ether oxygens (including phenoxy) is 1. The van der Waals surface area contributed by atoms with Crippen LogP contribution in [0.1, 0.15) is 31.7 Å². The molecule has 2 N–H and O–H groups in total. The van der Waals surface area contributed by atoms with Gasteiger partial charge in [-0.3, -0.25) is 4.68 Å². The molecule has 5 nitrogen and oxygen atoms in total. The van der Waals surface area contributed by atoms with E-state index < -0.39 is 0 Å². The molecule has 5 heteroatoms. The number of rotatable bonds is 11. The summed E-state index contributed by atoms with van der Waals surface area (Å²) in [5.74, 6) is 0. The monoisotopic (exact) mass is 268 g/mol. The fourth-order valence-corrected chi connectivity index (χ4v) is 1.96. The van der Waals surface area contributed by atoms with Gasteiger partial charge in [0.2, 0.25) is 0 Å². The second-order valence-electron chi connectivity index (χ2n) is 4.57. The van der Waals surface area contributed by atoms with Gasteiger partial charge in [0, 0.05) is 26.7 Å². The van der Waals surface area contributed by atoms with Crippen molar-refractivity contribution in [2.45, 2.75) is 39.8 Å². The van der Waals surface area contributed by atoms with Crippen LogP contribution in [-0.2, 0) is 24.2 Å². The third-order valence-corrected chi connectivity index (χ3v) is 3.07. The number of nitrogens with zero attached hydrogens (tertiary/aromatic N) is 2. The average Bonchev–Trinajstić information content (AvgIpc) is 2.84. The third kappa shape index (κ3) is 6.18. The zero-order chi connectivity index (χ0) is 13.9. The summed E-state index contributed by atoms with van der Waals surface area (Å²) in [6, 6.07) is 2.20. The first-order valence-corrected chi connectivity index (χ1v) is 7.27. The predicted molar refractivity (Wildman–Crippen MR) is 78.3 cm³/mol. The molecular weight excluding hydrogens is 240 g/mol. The summed E-state index contributed by atoms with van der Waals surface area (Å²) in [5, 5.41) is 11.4. The number of aryl methyl sites for hydroxylation is 2. The third-order valence-electron chi connectivity index (χ3n) is 3.07. The minimum Gasteiger partial charge on any atom is -0.383 e. The largest absolute Gasteiger partial charge is 0.383 e. The molecule has 0 radical (unpaired) electrons. The molecule has 0 aliphatic carbocycles. The van der Waals surface area contributed by atoms with E-state index in [1.54, 1.807) is 7.11 Å². The Hall–Kier alpha value is -0.910. The van der Waals surface area contributed by atoms with Gasteiger partial charge in [0.25, 0.3) is 0 Å². The summed E-state index contributed by atoms with van der Waals surface area (Å²) in [7, 11) is 1.73. The minimum absolute atomic E-state index is 0.781. The molecule has 0 aliphatic rings. The second kappa shape index (κ2) is 9.95. The van der Waals surface area contributed by atoms with E-state index in [0.717, 1.165) is 52.2 Å². The zero-order valence-electron chi connectivity index (χ0n) is 12.5. The maximum Gasteiger partial charge on any atom is 0.0625 e. The van der Waals surface area contributed by atoms with Crippen molar-refractivity contribution in [3.63, 3.8) is 0 Å². The first-order valence-electron chi connectivity index (χ1n) is 7.27. The Morgan fingerprint density at radius 1 is 1.21 bits per heavy atom. The van der Waals surface area contributed by atoms with E-state index in [2.05, 4.69) is 40.3 Å². The summed E-state index contributed by atoms with van der Waals surface area (Å²) in [5.41, 5.74) is 2.46. The van der Waals surface area contributed by atoms with Crippen LogP contribution in [0.4, 0.5) is 0 Å². The topological polar surface area (TPSA) is 51.1 Å². The number of nitrogens with one attached hydrogen (secondary N) is 2. The minimum atomic E-state index is 0.781. The van der Waals surface area contributed by atoms with Gasteiger partial charge in [0.15, 0.2) is 0 Å². The van der Waals surface area contributed by atoms with Crippen molar-refractivity contribution >= 4 is 0 Å². The fourth-order valence-electron chi connectivity index (χ4n) is 1.96. The first kappa shape index (κ1) is 16.1. The van der Waals surface area contributed by atoms with E-state index in [9.17, 15) is 0 Å². The van der Waals surface area contributed by atoms with Crippen molar-refractivity contribution in [3.8, 4) is 0 Å². The lowest BCUT2D eigenvalue weighted by Crippen LogP contribution is -2.24. The van der Waals surface area contributed by atoms with E-state index in [4.69, 9.17) is 4.74 Å². The standard InChI is InChI=1S/C14H28N4O/c1-4-13-11-14(18(5-2)17-13)12-16-8-6-7-15-9-10-19-3/h11,15-16H,4-10,12H2,1-3H3. The van der Waals surface area contributed by atoms with Gasteiger partial charge < -0.3 is 15.4 Å². The molecule has 0 aliphatic heterocycles. The quantitative estimate of drug-likeness (QED) is 0.592. The van der Waals surface area contributed by atoms with Gasteiger partial charge in [-0.05, 0) is 38.9 Å². The Morgan fingerprint density at radius 3 is 2.68 bits per heavy atom. The average molecular weight is 268 g/mol. The molecule has 0 spiro atoms. The number of aromatic nitrogens is 2. The van der Waals surface area contributed by atoms with Crippen LogP contribution in [0.2, 0.25) is 0 Å². The van der Waals surface area contributed by atoms with Crippen LogP contribution >= 0.6 is 0 Å². The Labute approximate surface area is 116 Å². The zero-order valence-corrected chi connectivity index (χ0v) is 12.5. The lowest BCUT2D eigenvalue weighted by molar-refractivity contribution is 0.199. The van der Waals surface area contributed by atoms with Crippen LogP contribution in [0.25, 0.3) is 0 Å². The van der Waals surface area contributed by atoms with Crippen molar-refractivity contribution in [2.75, 3.05) is 33.4 Å². The molecule has 1 heterocycles. The molecule has 0 amide bonds. The van der Waals surface area contributed by atoms with E-state index in [0.29, 0.717) is 0 Å². The van der Waals surface area contributed by atoms with Crippen LogP contribution in [0, 0.1) is 0 Å². The molecule has 110 valence electrons. The smallest absolute Gasteiger partial charge is 0.0625 e. The molecule has 1 aromatic rings. The van der Waals surface area contributed by atoms with Gasteiger partial charge in [-0.1, -0.05) is 6.92 Å². The van der Waals surface area contributed by atoms with Crippen LogP contribution in [0.5, 0.6) is 0 Å². The summed E-state index contributed by atoms with van der Waals surface area (Å²) in [6.45, 7) is 9.89. The Kier molecular flexibility index (Phi) is 8.45. The molecule has 0 bridgehead atoms. The van der Waals surface area contributed by atoms with Crippen LogP contribution < -0.4 is 10.6 Å². The molecule has 0 saturated carbocycles. The molecule has 1 rings (SSSR count). The molecule has 1 aromatic heterocycles. The van der Waals surface area contributed by atoms with Crippen molar-refractivity contribution in [2.24, 2.45) is 0 Å². The van der Waals surface area contributed by atoms with Crippen LogP contribution in [-0.4, -0.2) is 43.1 Å². The molecule has 0 fully saturated rings. The fraction of sp³-hybridized carbons (Fsp3) is 0.786. The summed E-state index contributed by atoms with van der Waals surface area (Å²) >= 11 is 0. The van der Waals surface area contributed by atoms with Crippen LogP contribution in [0.15, 0.2) is 6.07 Å². The Morgan fingerprint density at radius 2 is 2.00 bits per heavy atom. The Balaban J connectivity index is 2.13. The highest BCUT2D eigenvalue weighted by atomic mass is 16.5. The van der Waals surface area contributed by atoms with Crippen LogP contribution in [0.3, 0.4) is 0 Å². The maximum absolute atomic E-state index is 4.98. The highest BCUT2D eigenvalue weighted by Crippen LogP contribution is 2.05. The molecular formula is C14H28N4O. The second-order valence-corrected chi connectivity index (χ2v) is 4.57. The number of hydrogen-bond acceptors (Lipinski definition) is 4. The van der Waals surface area contributed by atoms with E-state index in [-0.39, 0.29) is 0 Å².